The van der Waals surface area contributed by atoms with Crippen LogP contribution in [-0.2, 0) is 0 Å². The van der Waals surface area contributed by atoms with E-state index in [0.29, 0.717) is 5.69 Å². The van der Waals surface area contributed by atoms with E-state index in [-0.39, 0.29) is 0 Å². The van der Waals surface area contributed by atoms with Gasteiger partial charge in [0.15, 0.2) is 5.69 Å². The molecule has 16 heavy (non-hydrogen) atoms. The van der Waals surface area contributed by atoms with Crippen molar-refractivity contribution in [3.8, 4) is 11.8 Å². The first-order valence-electron chi connectivity index (χ1n) is 4.81. The van der Waals surface area contributed by atoms with Crippen LogP contribution in [0.1, 0.15) is 5.69 Å². The molecule has 0 aliphatic heterocycles. The van der Waals surface area contributed by atoms with Crippen LogP contribution in [0, 0.1) is 11.3 Å². The summed E-state index contributed by atoms with van der Waals surface area (Å²) in [5, 5.41) is 13.8. The number of nitriles is 1. The fraction of sp³-hybridized carbons (Fsp3) is 0. The summed E-state index contributed by atoms with van der Waals surface area (Å²) in [7, 11) is 0. The lowest BCUT2D eigenvalue weighted by atomic mass is 10.2. The summed E-state index contributed by atoms with van der Waals surface area (Å²) in [6.45, 7) is 0. The molecule has 1 aromatic carbocycles. The number of fused-ring (bicyclic) bond motifs is 1. The molecule has 0 spiro atoms. The highest BCUT2D eigenvalue weighted by molar-refractivity contribution is 5.85. The third-order valence-corrected chi connectivity index (χ3v) is 2.41. The van der Waals surface area contributed by atoms with Gasteiger partial charge in [0, 0.05) is 11.6 Å². The number of benzene rings is 1. The SMILES string of the molecule is N#Cc1ccn(-c2coc3ccccc23)n1. The molecule has 0 N–H and O–H groups in total. The number of hydrogen-bond donors (Lipinski definition) is 0. The van der Waals surface area contributed by atoms with Crippen LogP contribution in [0.5, 0.6) is 0 Å². The maximum absolute atomic E-state index is 8.71. The summed E-state index contributed by atoms with van der Waals surface area (Å²) in [6, 6.07) is 11.4. The van der Waals surface area contributed by atoms with Gasteiger partial charge in [-0.2, -0.15) is 10.4 Å². The van der Waals surface area contributed by atoms with Gasteiger partial charge >= 0.3 is 0 Å². The van der Waals surface area contributed by atoms with Crippen molar-refractivity contribution in [3.05, 3.63) is 48.5 Å². The number of furan rings is 1. The number of para-hydroxylation sites is 1. The van der Waals surface area contributed by atoms with Gasteiger partial charge in [-0.15, -0.1) is 0 Å². The normalized spacial score (nSPS) is 10.4. The van der Waals surface area contributed by atoms with Crippen molar-refractivity contribution in [2.24, 2.45) is 0 Å². The van der Waals surface area contributed by atoms with E-state index >= 15 is 0 Å². The molecular formula is C12H7N3O. The van der Waals surface area contributed by atoms with Crippen LogP contribution in [-0.4, -0.2) is 9.78 Å². The van der Waals surface area contributed by atoms with Crippen LogP contribution in [0.15, 0.2) is 47.2 Å². The van der Waals surface area contributed by atoms with Gasteiger partial charge < -0.3 is 4.42 Å². The van der Waals surface area contributed by atoms with E-state index in [0.717, 1.165) is 16.7 Å². The lowest BCUT2D eigenvalue weighted by Crippen LogP contribution is -1.93. The Bertz CT molecular complexity index is 687. The number of rotatable bonds is 1. The molecule has 0 fully saturated rings. The van der Waals surface area contributed by atoms with Crippen LogP contribution in [0.2, 0.25) is 0 Å². The number of nitrogens with zero attached hydrogens (tertiary/aromatic N) is 3. The molecule has 0 aliphatic rings. The summed E-state index contributed by atoms with van der Waals surface area (Å²) >= 11 is 0. The molecule has 76 valence electrons. The zero-order valence-corrected chi connectivity index (χ0v) is 8.29. The van der Waals surface area contributed by atoms with Crippen LogP contribution in [0.25, 0.3) is 16.7 Å². The molecule has 4 heteroatoms. The van der Waals surface area contributed by atoms with Gasteiger partial charge in [0.2, 0.25) is 0 Å². The molecule has 4 nitrogen and oxygen atoms in total. The van der Waals surface area contributed by atoms with Gasteiger partial charge in [0.05, 0.1) is 0 Å². The van der Waals surface area contributed by atoms with Crippen LogP contribution >= 0.6 is 0 Å². The van der Waals surface area contributed by atoms with Crippen molar-refractivity contribution in [2.45, 2.75) is 0 Å². The highest BCUT2D eigenvalue weighted by atomic mass is 16.3. The molecule has 0 bridgehead atoms. The summed E-state index contributed by atoms with van der Waals surface area (Å²) in [6.07, 6.45) is 3.38. The van der Waals surface area contributed by atoms with E-state index in [4.69, 9.17) is 9.68 Å². The Labute approximate surface area is 91.3 Å². The van der Waals surface area contributed by atoms with Crippen LogP contribution < -0.4 is 0 Å². The van der Waals surface area contributed by atoms with Crippen molar-refractivity contribution < 1.29 is 4.42 Å². The highest BCUT2D eigenvalue weighted by Crippen LogP contribution is 2.23. The predicted octanol–water partition coefficient (Wildman–Crippen LogP) is 2.49. The molecular weight excluding hydrogens is 202 g/mol. The number of hydrogen-bond acceptors (Lipinski definition) is 3. The molecule has 0 atom stereocenters. The molecule has 3 rings (SSSR count). The van der Waals surface area contributed by atoms with Crippen LogP contribution in [0.3, 0.4) is 0 Å². The fourth-order valence-electron chi connectivity index (χ4n) is 1.66. The second-order valence-electron chi connectivity index (χ2n) is 3.37. The van der Waals surface area contributed by atoms with Crippen LogP contribution in [0.4, 0.5) is 0 Å². The molecule has 2 aromatic heterocycles. The zero-order chi connectivity index (χ0) is 11.0. The minimum Gasteiger partial charge on any atom is -0.462 e. The standard InChI is InChI=1S/C12H7N3O/c13-7-9-5-6-15(14-9)11-8-16-12-4-2-1-3-10(11)12/h1-6,8H. The summed E-state index contributed by atoms with van der Waals surface area (Å²) < 4.78 is 7.05. The van der Waals surface area contributed by atoms with E-state index in [1.165, 1.54) is 0 Å². The second-order valence-corrected chi connectivity index (χ2v) is 3.37. The first kappa shape index (κ1) is 8.74. The second kappa shape index (κ2) is 3.24. The lowest BCUT2D eigenvalue weighted by Gasteiger charge is -1.95. The van der Waals surface area contributed by atoms with Crippen molar-refractivity contribution in [3.63, 3.8) is 0 Å². The van der Waals surface area contributed by atoms with E-state index < -0.39 is 0 Å². The Morgan fingerprint density at radius 1 is 1.25 bits per heavy atom. The summed E-state index contributed by atoms with van der Waals surface area (Å²) in [5.41, 5.74) is 2.05. The van der Waals surface area contributed by atoms with Crippen molar-refractivity contribution >= 4 is 11.0 Å². The maximum atomic E-state index is 8.71. The minimum absolute atomic E-state index is 0.394. The maximum Gasteiger partial charge on any atom is 0.162 e. The minimum atomic E-state index is 0.394. The van der Waals surface area contributed by atoms with Gasteiger partial charge in [-0.25, -0.2) is 4.68 Å². The van der Waals surface area contributed by atoms with Crippen molar-refractivity contribution in [1.82, 2.24) is 9.78 Å². The topological polar surface area (TPSA) is 54.8 Å². The monoisotopic (exact) mass is 209 g/mol. The van der Waals surface area contributed by atoms with Crippen molar-refractivity contribution in [2.75, 3.05) is 0 Å². The average Bonchev–Trinajstić information content (AvgIpc) is 2.94. The molecule has 0 saturated heterocycles. The Morgan fingerprint density at radius 2 is 2.12 bits per heavy atom. The summed E-state index contributed by atoms with van der Waals surface area (Å²) in [5.74, 6) is 0. The van der Waals surface area contributed by atoms with E-state index in [1.807, 2.05) is 30.3 Å². The molecule has 0 amide bonds. The summed E-state index contributed by atoms with van der Waals surface area (Å²) in [4.78, 5) is 0. The quantitative estimate of drug-likeness (QED) is 0.618. The molecule has 0 saturated carbocycles. The van der Waals surface area contributed by atoms with Gasteiger partial charge in [-0.1, -0.05) is 12.1 Å². The third kappa shape index (κ3) is 1.19. The van der Waals surface area contributed by atoms with Gasteiger partial charge in [0.1, 0.15) is 23.6 Å². The molecule has 0 unspecified atom stereocenters. The van der Waals surface area contributed by atoms with Gasteiger partial charge in [-0.05, 0) is 18.2 Å². The highest BCUT2D eigenvalue weighted by Gasteiger charge is 2.08. The Morgan fingerprint density at radius 3 is 2.94 bits per heavy atom. The Balaban J connectivity index is 2.23. The first-order chi connectivity index (χ1) is 7.88. The predicted molar refractivity (Wildman–Crippen MR) is 58.1 cm³/mol. The zero-order valence-electron chi connectivity index (χ0n) is 8.29. The average molecular weight is 209 g/mol. The Hall–Kier alpha value is -2.54. The first-order valence-corrected chi connectivity index (χ1v) is 4.81. The van der Waals surface area contributed by atoms with E-state index in [1.54, 1.807) is 23.2 Å². The molecule has 2 heterocycles. The van der Waals surface area contributed by atoms with Gasteiger partial charge in [-0.3, -0.25) is 0 Å². The molecule has 3 aromatic rings. The number of aromatic nitrogens is 2. The van der Waals surface area contributed by atoms with Gasteiger partial charge in [0.25, 0.3) is 0 Å². The smallest absolute Gasteiger partial charge is 0.162 e. The fourth-order valence-corrected chi connectivity index (χ4v) is 1.66. The van der Waals surface area contributed by atoms with Crippen molar-refractivity contribution in [1.29, 1.82) is 5.26 Å². The lowest BCUT2D eigenvalue weighted by molar-refractivity contribution is 0.610. The largest absolute Gasteiger partial charge is 0.462 e. The Kier molecular flexibility index (Phi) is 1.77. The van der Waals surface area contributed by atoms with E-state index in [9.17, 15) is 0 Å². The molecule has 0 radical (unpaired) electrons. The van der Waals surface area contributed by atoms with E-state index in [2.05, 4.69) is 5.10 Å². The molecule has 0 aliphatic carbocycles. The third-order valence-electron chi connectivity index (χ3n) is 2.41.